The number of amides is 1. The van der Waals surface area contributed by atoms with Gasteiger partial charge in [0.25, 0.3) is 0 Å². The number of nitrogens with zero attached hydrogens (tertiary/aromatic N) is 5. The Bertz CT molecular complexity index is 627. The van der Waals surface area contributed by atoms with Crippen molar-refractivity contribution in [2.45, 2.75) is 57.4 Å². The third kappa shape index (κ3) is 4.18. The third-order valence-electron chi connectivity index (χ3n) is 4.38. The van der Waals surface area contributed by atoms with Crippen molar-refractivity contribution in [3.63, 3.8) is 0 Å². The summed E-state index contributed by atoms with van der Waals surface area (Å²) in [6.07, 6.45) is 12.5. The van der Waals surface area contributed by atoms with E-state index in [0.29, 0.717) is 18.9 Å². The van der Waals surface area contributed by atoms with Gasteiger partial charge < -0.3 is 5.32 Å². The molecule has 1 aliphatic carbocycles. The van der Waals surface area contributed by atoms with Crippen molar-refractivity contribution >= 4 is 11.6 Å². The van der Waals surface area contributed by atoms with E-state index < -0.39 is 0 Å². The molecule has 2 aromatic heterocycles. The second-order valence-corrected chi connectivity index (χ2v) is 6.25. The highest BCUT2D eigenvalue weighted by Crippen LogP contribution is 2.35. The zero-order valence-electron chi connectivity index (χ0n) is 13.6. The van der Waals surface area contributed by atoms with Crippen LogP contribution in [0.2, 0.25) is 0 Å². The van der Waals surface area contributed by atoms with Crippen molar-refractivity contribution < 1.29 is 4.79 Å². The first-order chi connectivity index (χ1) is 11.2. The smallest absolute Gasteiger partial charge is 0.224 e. The van der Waals surface area contributed by atoms with Gasteiger partial charge >= 0.3 is 0 Å². The topological polar surface area (TPSA) is 77.6 Å². The minimum Gasteiger partial charge on any atom is -0.323 e. The summed E-state index contributed by atoms with van der Waals surface area (Å²) in [4.78, 5) is 16.1. The molecule has 7 heteroatoms. The van der Waals surface area contributed by atoms with Crippen molar-refractivity contribution in [3.05, 3.63) is 24.5 Å². The summed E-state index contributed by atoms with van der Waals surface area (Å²) in [7, 11) is 1.91. The van der Waals surface area contributed by atoms with Gasteiger partial charge in [0, 0.05) is 32.1 Å². The summed E-state index contributed by atoms with van der Waals surface area (Å²) in [6, 6.07) is 0. The number of aryl methyl sites for hydroxylation is 2. The molecule has 1 amide bonds. The van der Waals surface area contributed by atoms with E-state index in [1.54, 1.807) is 15.7 Å². The van der Waals surface area contributed by atoms with Gasteiger partial charge in [-0.15, -0.1) is 0 Å². The van der Waals surface area contributed by atoms with E-state index >= 15 is 0 Å². The van der Waals surface area contributed by atoms with E-state index in [-0.39, 0.29) is 5.91 Å². The lowest BCUT2D eigenvalue weighted by molar-refractivity contribution is -0.116. The molecule has 1 fully saturated rings. The summed E-state index contributed by atoms with van der Waals surface area (Å²) in [5, 5.41) is 11.7. The number of rotatable bonds is 6. The van der Waals surface area contributed by atoms with Gasteiger partial charge in [-0.05, 0) is 19.3 Å². The Balaban J connectivity index is 1.55. The molecular weight excluding hydrogens is 292 g/mol. The average molecular weight is 316 g/mol. The van der Waals surface area contributed by atoms with Gasteiger partial charge in [0.05, 0.1) is 11.4 Å². The predicted molar refractivity (Wildman–Crippen MR) is 86.9 cm³/mol. The van der Waals surface area contributed by atoms with E-state index in [1.165, 1.54) is 38.4 Å². The van der Waals surface area contributed by atoms with Crippen LogP contribution < -0.4 is 5.32 Å². The van der Waals surface area contributed by atoms with Gasteiger partial charge in [-0.3, -0.25) is 14.2 Å². The largest absolute Gasteiger partial charge is 0.323 e. The minimum atomic E-state index is 0.0372. The number of hydrogen-bond donors (Lipinski definition) is 1. The normalized spacial score (nSPS) is 15.7. The van der Waals surface area contributed by atoms with Crippen LogP contribution in [-0.2, 0) is 18.4 Å². The number of anilines is 1. The zero-order valence-corrected chi connectivity index (χ0v) is 13.6. The second-order valence-electron chi connectivity index (χ2n) is 6.25. The predicted octanol–water partition coefficient (Wildman–Crippen LogP) is 2.48. The molecule has 0 bridgehead atoms. The van der Waals surface area contributed by atoms with Crippen LogP contribution in [0.15, 0.2) is 18.9 Å². The van der Waals surface area contributed by atoms with Crippen LogP contribution in [0.3, 0.4) is 0 Å². The van der Waals surface area contributed by atoms with Crippen molar-refractivity contribution in [1.82, 2.24) is 24.5 Å². The quantitative estimate of drug-likeness (QED) is 0.888. The molecule has 2 aromatic rings. The van der Waals surface area contributed by atoms with Gasteiger partial charge in [-0.25, -0.2) is 4.98 Å². The van der Waals surface area contributed by atoms with Gasteiger partial charge in [0.2, 0.25) is 5.91 Å². The summed E-state index contributed by atoms with van der Waals surface area (Å²) in [5.41, 5.74) is 1.93. The Hall–Kier alpha value is -2.18. The first-order valence-electron chi connectivity index (χ1n) is 8.38. The summed E-state index contributed by atoms with van der Waals surface area (Å²) < 4.78 is 3.54. The van der Waals surface area contributed by atoms with Crippen molar-refractivity contribution in [2.75, 3.05) is 5.32 Å². The molecule has 0 unspecified atom stereocenters. The molecule has 3 rings (SSSR count). The molecule has 0 aliphatic heterocycles. The highest BCUT2D eigenvalue weighted by Gasteiger charge is 2.22. The van der Waals surface area contributed by atoms with Gasteiger partial charge in [0.1, 0.15) is 12.7 Å². The van der Waals surface area contributed by atoms with Crippen LogP contribution in [-0.4, -0.2) is 30.5 Å². The maximum absolute atomic E-state index is 12.2. The van der Waals surface area contributed by atoms with E-state index in [9.17, 15) is 4.79 Å². The highest BCUT2D eigenvalue weighted by atomic mass is 16.1. The monoisotopic (exact) mass is 316 g/mol. The Labute approximate surface area is 136 Å². The van der Waals surface area contributed by atoms with Crippen LogP contribution in [0.4, 0.5) is 5.69 Å². The molecular formula is C16H24N6O. The molecule has 0 radical (unpaired) electrons. The maximum atomic E-state index is 12.2. The van der Waals surface area contributed by atoms with Gasteiger partial charge in [0.15, 0.2) is 0 Å². The molecule has 0 aromatic carbocycles. The van der Waals surface area contributed by atoms with E-state index in [1.807, 2.05) is 13.2 Å². The Morgan fingerprint density at radius 2 is 2.17 bits per heavy atom. The summed E-state index contributed by atoms with van der Waals surface area (Å²) >= 11 is 0. The number of nitrogens with one attached hydrogen (secondary N) is 1. The summed E-state index contributed by atoms with van der Waals surface area (Å²) in [5.74, 6) is 0.519. The van der Waals surface area contributed by atoms with Crippen molar-refractivity contribution in [1.29, 1.82) is 0 Å². The highest BCUT2D eigenvalue weighted by molar-refractivity contribution is 5.91. The summed E-state index contributed by atoms with van der Waals surface area (Å²) in [6.45, 7) is 0.704. The molecule has 23 heavy (non-hydrogen) atoms. The molecule has 1 saturated carbocycles. The molecule has 0 saturated heterocycles. The van der Waals surface area contributed by atoms with E-state index in [2.05, 4.69) is 20.5 Å². The van der Waals surface area contributed by atoms with Crippen LogP contribution in [0.25, 0.3) is 0 Å². The fourth-order valence-electron chi connectivity index (χ4n) is 3.24. The molecule has 7 nitrogen and oxygen atoms in total. The van der Waals surface area contributed by atoms with Crippen LogP contribution in [0, 0.1) is 0 Å². The molecule has 1 aliphatic rings. The lowest BCUT2D eigenvalue weighted by atomic mass is 9.86. The number of hydrogen-bond acceptors (Lipinski definition) is 4. The zero-order chi connectivity index (χ0) is 16.1. The molecule has 2 heterocycles. The van der Waals surface area contributed by atoms with Crippen molar-refractivity contribution in [2.24, 2.45) is 7.05 Å². The SMILES string of the molecule is Cn1cc(NC(=O)CCCn2cncn2)c(C2CCCCC2)n1. The van der Waals surface area contributed by atoms with E-state index in [0.717, 1.165) is 17.8 Å². The Morgan fingerprint density at radius 3 is 2.91 bits per heavy atom. The Kier molecular flexibility index (Phi) is 5.05. The number of carbonyl (C=O) groups is 1. The third-order valence-corrected chi connectivity index (χ3v) is 4.38. The van der Waals surface area contributed by atoms with Gasteiger partial charge in [-0.1, -0.05) is 19.3 Å². The van der Waals surface area contributed by atoms with Crippen LogP contribution in [0.1, 0.15) is 56.6 Å². The first kappa shape index (κ1) is 15.7. The minimum absolute atomic E-state index is 0.0372. The average Bonchev–Trinajstić information content (AvgIpc) is 3.18. The number of carbonyl (C=O) groups excluding carboxylic acids is 1. The fraction of sp³-hybridized carbons (Fsp3) is 0.625. The van der Waals surface area contributed by atoms with Crippen LogP contribution in [0.5, 0.6) is 0 Å². The Morgan fingerprint density at radius 1 is 1.35 bits per heavy atom. The molecule has 0 atom stereocenters. The maximum Gasteiger partial charge on any atom is 0.224 e. The number of aromatic nitrogens is 5. The molecule has 0 spiro atoms. The molecule has 1 N–H and O–H groups in total. The second kappa shape index (κ2) is 7.39. The van der Waals surface area contributed by atoms with Gasteiger partial charge in [-0.2, -0.15) is 10.2 Å². The standard InChI is InChI=1S/C16H24N6O/c1-21-10-14(16(20-21)13-6-3-2-4-7-13)19-15(23)8-5-9-22-12-17-11-18-22/h10-13H,2-9H2,1H3,(H,19,23). The van der Waals surface area contributed by atoms with E-state index in [4.69, 9.17) is 0 Å². The lowest BCUT2D eigenvalue weighted by Crippen LogP contribution is -2.15. The molecule has 124 valence electrons. The van der Waals surface area contributed by atoms with Crippen LogP contribution >= 0.6 is 0 Å². The first-order valence-corrected chi connectivity index (χ1v) is 8.38. The fourth-order valence-corrected chi connectivity index (χ4v) is 3.24. The van der Waals surface area contributed by atoms with Crippen molar-refractivity contribution in [3.8, 4) is 0 Å². The lowest BCUT2D eigenvalue weighted by Gasteiger charge is -2.20.